The number of nitrogens with two attached hydrogens (primary N) is 1. The molecule has 60 valence electrons. The second-order valence-corrected chi connectivity index (χ2v) is 3.95. The highest BCUT2D eigenvalue weighted by Gasteiger charge is 2.19. The maximum atomic E-state index is 10.8. The SMILES string of the molecule is C[S+](C)OC(=O)[C@@H](N)CS. The fourth-order valence-electron chi connectivity index (χ4n) is 0.301. The zero-order valence-electron chi connectivity index (χ0n) is 6.03. The summed E-state index contributed by atoms with van der Waals surface area (Å²) in [5, 5.41) is 0. The van der Waals surface area contributed by atoms with E-state index in [1.54, 1.807) is 0 Å². The summed E-state index contributed by atoms with van der Waals surface area (Å²) in [6.07, 6.45) is 3.62. The van der Waals surface area contributed by atoms with Gasteiger partial charge < -0.3 is 5.73 Å². The third kappa shape index (κ3) is 4.03. The normalized spacial score (nSPS) is 13.3. The minimum Gasteiger partial charge on any atom is -0.318 e. The van der Waals surface area contributed by atoms with Crippen LogP contribution in [-0.2, 0) is 20.2 Å². The van der Waals surface area contributed by atoms with Gasteiger partial charge in [-0.3, -0.25) is 0 Å². The molecular weight excluding hydrogens is 170 g/mol. The van der Waals surface area contributed by atoms with Gasteiger partial charge in [0.05, 0.1) is 0 Å². The summed E-state index contributed by atoms with van der Waals surface area (Å²) < 4.78 is 4.82. The molecule has 0 aromatic rings. The first-order valence-corrected chi connectivity index (χ1v) is 5.34. The number of hydrogen-bond donors (Lipinski definition) is 2. The summed E-state index contributed by atoms with van der Waals surface area (Å²) in [4.78, 5) is 10.8. The fraction of sp³-hybridized carbons (Fsp3) is 0.800. The quantitative estimate of drug-likeness (QED) is 0.460. The van der Waals surface area contributed by atoms with Crippen molar-refractivity contribution in [2.45, 2.75) is 6.04 Å². The van der Waals surface area contributed by atoms with E-state index in [4.69, 9.17) is 9.92 Å². The Morgan fingerprint density at radius 3 is 2.60 bits per heavy atom. The summed E-state index contributed by atoms with van der Waals surface area (Å²) in [5.41, 5.74) is 5.32. The number of thiol groups is 1. The van der Waals surface area contributed by atoms with E-state index >= 15 is 0 Å². The van der Waals surface area contributed by atoms with Crippen molar-refractivity contribution in [3.63, 3.8) is 0 Å². The molecule has 1 atom stereocenters. The van der Waals surface area contributed by atoms with Crippen LogP contribution in [0.1, 0.15) is 0 Å². The van der Waals surface area contributed by atoms with E-state index in [1.807, 2.05) is 12.5 Å². The summed E-state index contributed by atoms with van der Waals surface area (Å²) in [6.45, 7) is 0. The van der Waals surface area contributed by atoms with Crippen molar-refractivity contribution in [1.82, 2.24) is 0 Å². The Bertz CT molecular complexity index is 118. The van der Waals surface area contributed by atoms with Crippen LogP contribution in [0.2, 0.25) is 0 Å². The van der Waals surface area contributed by atoms with Gasteiger partial charge in [0.1, 0.15) is 18.6 Å². The Morgan fingerprint density at radius 2 is 2.30 bits per heavy atom. The van der Waals surface area contributed by atoms with Crippen molar-refractivity contribution in [3.05, 3.63) is 0 Å². The second-order valence-electron chi connectivity index (χ2n) is 1.93. The molecule has 0 heterocycles. The van der Waals surface area contributed by atoms with Gasteiger partial charge in [0.2, 0.25) is 0 Å². The Balaban J connectivity index is 3.62. The molecule has 0 saturated heterocycles. The maximum Gasteiger partial charge on any atom is 0.381 e. The fourth-order valence-corrected chi connectivity index (χ4v) is 0.902. The monoisotopic (exact) mass is 182 g/mol. The zero-order valence-corrected chi connectivity index (χ0v) is 7.74. The molecule has 0 aliphatic heterocycles. The number of carbonyl (C=O) groups excluding carboxylic acids is 1. The second kappa shape index (κ2) is 4.87. The Hall–Kier alpha value is 0.130. The summed E-state index contributed by atoms with van der Waals surface area (Å²) in [5.74, 6) is -0.0425. The van der Waals surface area contributed by atoms with Crippen LogP contribution in [0.4, 0.5) is 0 Å². The molecule has 0 fully saturated rings. The van der Waals surface area contributed by atoms with E-state index in [0.717, 1.165) is 0 Å². The average Bonchev–Trinajstić information content (AvgIpc) is 1.85. The van der Waals surface area contributed by atoms with E-state index in [1.165, 1.54) is 0 Å². The lowest BCUT2D eigenvalue weighted by atomic mass is 10.4. The highest BCUT2D eigenvalue weighted by Crippen LogP contribution is 1.93. The van der Waals surface area contributed by atoms with Crippen molar-refractivity contribution in [2.75, 3.05) is 18.3 Å². The molecule has 10 heavy (non-hydrogen) atoms. The van der Waals surface area contributed by atoms with Crippen LogP contribution < -0.4 is 5.73 Å². The van der Waals surface area contributed by atoms with Crippen LogP contribution in [0, 0.1) is 0 Å². The summed E-state index contributed by atoms with van der Waals surface area (Å²) >= 11 is 3.52. The molecule has 0 amide bonds. The Morgan fingerprint density at radius 1 is 1.80 bits per heavy atom. The third-order valence-electron chi connectivity index (χ3n) is 0.748. The van der Waals surface area contributed by atoms with Gasteiger partial charge in [-0.15, -0.1) is 0 Å². The van der Waals surface area contributed by atoms with Gasteiger partial charge in [0, 0.05) is 5.75 Å². The van der Waals surface area contributed by atoms with Crippen LogP contribution in [0.3, 0.4) is 0 Å². The first kappa shape index (κ1) is 10.1. The molecule has 0 saturated carbocycles. The number of carbonyl (C=O) groups is 1. The molecule has 0 unspecified atom stereocenters. The zero-order chi connectivity index (χ0) is 8.15. The van der Waals surface area contributed by atoms with Gasteiger partial charge in [-0.25, -0.2) is 8.98 Å². The topological polar surface area (TPSA) is 52.3 Å². The molecule has 0 aliphatic rings. The van der Waals surface area contributed by atoms with E-state index in [2.05, 4.69) is 12.6 Å². The van der Waals surface area contributed by atoms with E-state index in [9.17, 15) is 4.79 Å². The molecule has 0 radical (unpaired) electrons. The predicted octanol–water partition coefficient (Wildman–Crippen LogP) is -0.420. The highest BCUT2D eigenvalue weighted by molar-refractivity contribution is 7.91. The Kier molecular flexibility index (Phi) is 4.93. The minimum absolute atomic E-state index is 0.329. The number of hydrogen-bond acceptors (Lipinski definition) is 4. The molecule has 5 heteroatoms. The molecular formula is C5H12NO2S2+. The van der Waals surface area contributed by atoms with Crippen LogP contribution in [-0.4, -0.2) is 30.3 Å². The van der Waals surface area contributed by atoms with Crippen molar-refractivity contribution in [3.8, 4) is 0 Å². The van der Waals surface area contributed by atoms with Crippen molar-refractivity contribution in [1.29, 1.82) is 0 Å². The standard InChI is InChI=1S/C5H11NO2S2/c1-10(2)8-5(7)4(6)3-9/h4H,3,6H2,1-2H3/p+1/t4-/m0/s1. The van der Waals surface area contributed by atoms with Crippen LogP contribution in [0.25, 0.3) is 0 Å². The lowest BCUT2D eigenvalue weighted by molar-refractivity contribution is -0.134. The smallest absolute Gasteiger partial charge is 0.318 e. The van der Waals surface area contributed by atoms with Gasteiger partial charge in [0.25, 0.3) is 0 Å². The first-order chi connectivity index (χ1) is 4.57. The van der Waals surface area contributed by atoms with Gasteiger partial charge in [-0.05, 0) is 0 Å². The van der Waals surface area contributed by atoms with Crippen molar-refractivity contribution in [2.24, 2.45) is 5.73 Å². The third-order valence-corrected chi connectivity index (χ3v) is 1.64. The first-order valence-electron chi connectivity index (χ1n) is 2.74. The maximum absolute atomic E-state index is 10.8. The highest BCUT2D eigenvalue weighted by atomic mass is 32.2. The molecule has 0 aromatic heterocycles. The van der Waals surface area contributed by atoms with Gasteiger partial charge in [-0.2, -0.15) is 12.6 Å². The lowest BCUT2D eigenvalue weighted by Gasteiger charge is -2.02. The van der Waals surface area contributed by atoms with Gasteiger partial charge in [0.15, 0.2) is 11.2 Å². The van der Waals surface area contributed by atoms with Crippen LogP contribution >= 0.6 is 12.6 Å². The minimum atomic E-state index is -0.585. The number of rotatable bonds is 3. The lowest BCUT2D eigenvalue weighted by Crippen LogP contribution is -2.34. The molecule has 2 N–H and O–H groups in total. The average molecular weight is 182 g/mol. The molecule has 0 bridgehead atoms. The molecule has 0 aromatic carbocycles. The Labute approximate surface area is 69.3 Å². The van der Waals surface area contributed by atoms with E-state index < -0.39 is 6.04 Å². The van der Waals surface area contributed by atoms with E-state index in [-0.39, 0.29) is 17.1 Å². The van der Waals surface area contributed by atoms with Crippen LogP contribution in [0.15, 0.2) is 0 Å². The predicted molar refractivity (Wildman–Crippen MR) is 47.1 cm³/mol. The molecule has 0 rings (SSSR count). The molecule has 3 nitrogen and oxygen atoms in total. The summed E-state index contributed by atoms with van der Waals surface area (Å²) in [6, 6.07) is -0.585. The van der Waals surface area contributed by atoms with Gasteiger partial charge in [-0.1, -0.05) is 0 Å². The molecule has 0 aliphatic carbocycles. The largest absolute Gasteiger partial charge is 0.381 e. The van der Waals surface area contributed by atoms with Crippen molar-refractivity contribution >= 4 is 29.8 Å². The van der Waals surface area contributed by atoms with E-state index in [0.29, 0.717) is 5.75 Å². The summed E-state index contributed by atoms with van der Waals surface area (Å²) in [7, 11) is 0. The molecule has 0 spiro atoms. The van der Waals surface area contributed by atoms with Crippen molar-refractivity contribution < 1.29 is 8.98 Å². The van der Waals surface area contributed by atoms with Crippen LogP contribution in [0.5, 0.6) is 0 Å². The van der Waals surface area contributed by atoms with Gasteiger partial charge >= 0.3 is 5.97 Å².